The summed E-state index contributed by atoms with van der Waals surface area (Å²) in [5.41, 5.74) is 1.95. The lowest BCUT2D eigenvalue weighted by Gasteiger charge is -2.30. The molecule has 1 saturated heterocycles. The Hall–Kier alpha value is -2.70. The van der Waals surface area contributed by atoms with Crippen LogP contribution in [-0.2, 0) is 4.79 Å². The van der Waals surface area contributed by atoms with E-state index in [4.69, 9.17) is 0 Å². The molecular weight excluding hydrogens is 284 g/mol. The number of carbonyl (C=O) groups is 2. The first kappa shape index (κ1) is 14.2. The number of hydrogen-bond acceptors (Lipinski definition) is 4. The number of piperazine rings is 1. The standard InChI is InChI=1S/C15H16N4O3/c1-10-13(11-4-2-3-5-12(11)16-10)14(20)15(21)18-6-8-19(17-22)9-7-18/h2-5,16H,6-9H2,1H3. The van der Waals surface area contributed by atoms with Crippen LogP contribution < -0.4 is 0 Å². The number of fused-ring (bicyclic) bond motifs is 1. The summed E-state index contributed by atoms with van der Waals surface area (Å²) in [6.45, 7) is 3.16. The summed E-state index contributed by atoms with van der Waals surface area (Å²) in [6.07, 6.45) is 0. The number of amides is 1. The molecule has 0 spiro atoms. The molecule has 0 aliphatic carbocycles. The summed E-state index contributed by atoms with van der Waals surface area (Å²) >= 11 is 0. The van der Waals surface area contributed by atoms with E-state index >= 15 is 0 Å². The second-order valence-electron chi connectivity index (χ2n) is 5.33. The number of ketones is 1. The van der Waals surface area contributed by atoms with Gasteiger partial charge in [-0.1, -0.05) is 18.2 Å². The molecule has 2 aromatic rings. The molecule has 1 aromatic heterocycles. The number of aryl methyl sites for hydroxylation is 1. The van der Waals surface area contributed by atoms with E-state index in [1.807, 2.05) is 24.3 Å². The van der Waals surface area contributed by atoms with Crippen LogP contribution in [0.3, 0.4) is 0 Å². The largest absolute Gasteiger partial charge is 0.358 e. The third-order valence-electron chi connectivity index (χ3n) is 3.97. The smallest absolute Gasteiger partial charge is 0.295 e. The van der Waals surface area contributed by atoms with E-state index in [1.54, 1.807) is 6.92 Å². The fourth-order valence-electron chi connectivity index (χ4n) is 2.80. The minimum atomic E-state index is -0.529. The monoisotopic (exact) mass is 300 g/mol. The molecule has 114 valence electrons. The molecule has 1 amide bonds. The van der Waals surface area contributed by atoms with Crippen molar-refractivity contribution in [3.63, 3.8) is 0 Å². The lowest BCUT2D eigenvalue weighted by Crippen LogP contribution is -2.48. The number of aromatic amines is 1. The van der Waals surface area contributed by atoms with E-state index in [1.165, 1.54) is 9.91 Å². The molecule has 22 heavy (non-hydrogen) atoms. The Morgan fingerprint density at radius 1 is 1.14 bits per heavy atom. The van der Waals surface area contributed by atoms with E-state index in [0.717, 1.165) is 10.9 Å². The van der Waals surface area contributed by atoms with Crippen molar-refractivity contribution < 1.29 is 9.59 Å². The third kappa shape index (κ3) is 2.34. The number of para-hydroxylation sites is 1. The van der Waals surface area contributed by atoms with Gasteiger partial charge < -0.3 is 9.88 Å². The van der Waals surface area contributed by atoms with Crippen molar-refractivity contribution in [3.05, 3.63) is 40.4 Å². The number of nitroso groups, excluding NO2 is 1. The Morgan fingerprint density at radius 2 is 1.82 bits per heavy atom. The van der Waals surface area contributed by atoms with Gasteiger partial charge in [0.2, 0.25) is 0 Å². The van der Waals surface area contributed by atoms with Crippen LogP contribution in [-0.4, -0.2) is 52.8 Å². The molecule has 0 bridgehead atoms. The highest BCUT2D eigenvalue weighted by atomic mass is 16.3. The van der Waals surface area contributed by atoms with E-state index in [2.05, 4.69) is 10.3 Å². The Balaban J connectivity index is 1.85. The zero-order valence-electron chi connectivity index (χ0n) is 12.2. The quantitative estimate of drug-likeness (QED) is 0.528. The summed E-state index contributed by atoms with van der Waals surface area (Å²) in [5, 5.41) is 4.95. The number of rotatable bonds is 3. The van der Waals surface area contributed by atoms with Gasteiger partial charge in [0.05, 0.1) is 23.9 Å². The molecule has 0 saturated carbocycles. The highest BCUT2D eigenvalue weighted by Gasteiger charge is 2.29. The first-order valence-electron chi connectivity index (χ1n) is 7.11. The molecular formula is C15H16N4O3. The van der Waals surface area contributed by atoms with Crippen molar-refractivity contribution in [2.24, 2.45) is 5.29 Å². The average Bonchev–Trinajstić information content (AvgIpc) is 2.89. The van der Waals surface area contributed by atoms with Crippen molar-refractivity contribution in [3.8, 4) is 0 Å². The van der Waals surface area contributed by atoms with Crippen molar-refractivity contribution in [1.82, 2.24) is 14.9 Å². The van der Waals surface area contributed by atoms with Crippen LogP contribution in [0.15, 0.2) is 29.6 Å². The van der Waals surface area contributed by atoms with Crippen LogP contribution in [0, 0.1) is 11.8 Å². The molecule has 1 fully saturated rings. The number of aromatic nitrogens is 1. The fraction of sp³-hybridized carbons (Fsp3) is 0.333. The third-order valence-corrected chi connectivity index (χ3v) is 3.97. The first-order chi connectivity index (χ1) is 10.6. The summed E-state index contributed by atoms with van der Waals surface area (Å²) in [7, 11) is 0. The van der Waals surface area contributed by atoms with Crippen LogP contribution >= 0.6 is 0 Å². The summed E-state index contributed by atoms with van der Waals surface area (Å²) < 4.78 is 0. The van der Waals surface area contributed by atoms with Gasteiger partial charge in [-0.3, -0.25) is 14.6 Å². The highest BCUT2D eigenvalue weighted by molar-refractivity contribution is 6.45. The first-order valence-corrected chi connectivity index (χ1v) is 7.11. The van der Waals surface area contributed by atoms with Gasteiger partial charge in [-0.25, -0.2) is 0 Å². The second kappa shape index (κ2) is 5.59. The Morgan fingerprint density at radius 3 is 2.50 bits per heavy atom. The number of carbonyl (C=O) groups excluding carboxylic acids is 2. The minimum absolute atomic E-state index is 0.331. The Bertz CT molecular complexity index is 744. The van der Waals surface area contributed by atoms with Crippen LogP contribution in [0.5, 0.6) is 0 Å². The lowest BCUT2D eigenvalue weighted by molar-refractivity contribution is -0.128. The minimum Gasteiger partial charge on any atom is -0.358 e. The maximum atomic E-state index is 12.6. The molecule has 0 radical (unpaired) electrons. The molecule has 0 atom stereocenters. The second-order valence-corrected chi connectivity index (χ2v) is 5.33. The molecule has 1 N–H and O–H groups in total. The number of hydrogen-bond donors (Lipinski definition) is 1. The molecule has 7 nitrogen and oxygen atoms in total. The van der Waals surface area contributed by atoms with Crippen molar-refractivity contribution in [2.75, 3.05) is 26.2 Å². The van der Waals surface area contributed by atoms with Crippen molar-refractivity contribution >= 4 is 22.6 Å². The van der Waals surface area contributed by atoms with E-state index in [-0.39, 0.29) is 0 Å². The summed E-state index contributed by atoms with van der Waals surface area (Å²) in [4.78, 5) is 40.1. The van der Waals surface area contributed by atoms with Gasteiger partial charge in [0.25, 0.3) is 11.7 Å². The molecule has 1 aliphatic heterocycles. The molecule has 1 aromatic carbocycles. The molecule has 1 aliphatic rings. The van der Waals surface area contributed by atoms with Gasteiger partial charge in [0, 0.05) is 29.7 Å². The predicted octanol–water partition coefficient (Wildman–Crippen LogP) is 1.48. The Kier molecular flexibility index (Phi) is 3.62. The normalized spacial score (nSPS) is 15.1. The SMILES string of the molecule is Cc1[nH]c2ccccc2c1C(=O)C(=O)N1CCN(N=O)CC1. The van der Waals surface area contributed by atoms with Gasteiger partial charge in [0.1, 0.15) is 0 Å². The van der Waals surface area contributed by atoms with Crippen LogP contribution in [0.1, 0.15) is 16.1 Å². The van der Waals surface area contributed by atoms with Crippen LogP contribution in [0.4, 0.5) is 0 Å². The average molecular weight is 300 g/mol. The Labute approximate surface area is 126 Å². The van der Waals surface area contributed by atoms with E-state index < -0.39 is 11.7 Å². The van der Waals surface area contributed by atoms with Crippen molar-refractivity contribution in [1.29, 1.82) is 0 Å². The number of nitrogens with one attached hydrogen (secondary N) is 1. The van der Waals surface area contributed by atoms with E-state index in [9.17, 15) is 14.5 Å². The van der Waals surface area contributed by atoms with Gasteiger partial charge in [-0.15, -0.1) is 4.91 Å². The van der Waals surface area contributed by atoms with Gasteiger partial charge in [-0.2, -0.15) is 0 Å². The predicted molar refractivity (Wildman–Crippen MR) is 81.3 cm³/mol. The molecule has 7 heteroatoms. The van der Waals surface area contributed by atoms with Gasteiger partial charge in [0.15, 0.2) is 0 Å². The lowest BCUT2D eigenvalue weighted by atomic mass is 10.1. The van der Waals surface area contributed by atoms with Gasteiger partial charge >= 0.3 is 0 Å². The number of H-pyrrole nitrogens is 1. The summed E-state index contributed by atoms with van der Waals surface area (Å²) in [6, 6.07) is 7.41. The fourth-order valence-corrected chi connectivity index (χ4v) is 2.80. The van der Waals surface area contributed by atoms with E-state index in [0.29, 0.717) is 37.4 Å². The maximum Gasteiger partial charge on any atom is 0.295 e. The van der Waals surface area contributed by atoms with Crippen molar-refractivity contribution in [2.45, 2.75) is 6.92 Å². The zero-order valence-corrected chi connectivity index (χ0v) is 12.2. The number of Topliss-reactive ketones (excluding diaryl/α,β-unsaturated/α-hetero) is 1. The zero-order chi connectivity index (χ0) is 15.7. The molecule has 3 rings (SSSR count). The topological polar surface area (TPSA) is 85.8 Å². The molecule has 2 heterocycles. The summed E-state index contributed by atoms with van der Waals surface area (Å²) in [5.74, 6) is -1.04. The molecule has 0 unspecified atom stereocenters. The van der Waals surface area contributed by atoms with Crippen LogP contribution in [0.25, 0.3) is 10.9 Å². The number of benzene rings is 1. The van der Waals surface area contributed by atoms with Crippen LogP contribution in [0.2, 0.25) is 0 Å². The number of nitrogens with zero attached hydrogens (tertiary/aromatic N) is 3. The van der Waals surface area contributed by atoms with Gasteiger partial charge in [-0.05, 0) is 13.0 Å². The highest BCUT2D eigenvalue weighted by Crippen LogP contribution is 2.23. The maximum absolute atomic E-state index is 12.6.